The van der Waals surface area contributed by atoms with E-state index in [4.69, 9.17) is 11.6 Å². The number of carbonyl (C=O) groups is 1. The van der Waals surface area contributed by atoms with Crippen molar-refractivity contribution in [2.45, 2.75) is 31.7 Å². The lowest BCUT2D eigenvalue weighted by molar-refractivity contribution is -0.120. The first-order valence-electron chi connectivity index (χ1n) is 6.03. The molecule has 1 aliphatic rings. The van der Waals surface area contributed by atoms with Gasteiger partial charge in [0.2, 0.25) is 5.91 Å². The molecule has 1 saturated carbocycles. The van der Waals surface area contributed by atoms with Crippen LogP contribution in [0.15, 0.2) is 24.3 Å². The molecule has 1 aromatic carbocycles. The number of halogens is 1. The summed E-state index contributed by atoms with van der Waals surface area (Å²) in [6.45, 7) is 0.318. The molecular formula is C13H17ClN2O. The summed E-state index contributed by atoms with van der Waals surface area (Å²) < 4.78 is 0. The zero-order valence-corrected chi connectivity index (χ0v) is 10.5. The summed E-state index contributed by atoms with van der Waals surface area (Å²) in [6.07, 6.45) is 4.70. The molecule has 1 amide bonds. The fourth-order valence-electron chi connectivity index (χ4n) is 2.10. The smallest absolute Gasteiger partial charge is 0.239 e. The van der Waals surface area contributed by atoms with E-state index < -0.39 is 0 Å². The molecule has 0 bridgehead atoms. The quantitative estimate of drug-likeness (QED) is 0.865. The normalized spacial score (nSPS) is 15.8. The van der Waals surface area contributed by atoms with Gasteiger partial charge in [-0.1, -0.05) is 24.4 Å². The van der Waals surface area contributed by atoms with Gasteiger partial charge in [0.05, 0.1) is 6.54 Å². The maximum atomic E-state index is 11.6. The first-order chi connectivity index (χ1) is 8.24. The van der Waals surface area contributed by atoms with E-state index in [2.05, 4.69) is 10.6 Å². The Bertz CT molecular complexity index is 372. The molecule has 4 heteroatoms. The van der Waals surface area contributed by atoms with Crippen LogP contribution >= 0.6 is 11.6 Å². The van der Waals surface area contributed by atoms with Crippen molar-refractivity contribution in [3.63, 3.8) is 0 Å². The molecule has 0 unspecified atom stereocenters. The predicted octanol–water partition coefficient (Wildman–Crippen LogP) is 2.81. The molecule has 1 fully saturated rings. The number of hydrogen-bond acceptors (Lipinski definition) is 2. The van der Waals surface area contributed by atoms with Crippen LogP contribution in [0, 0.1) is 0 Å². The fraction of sp³-hybridized carbons (Fsp3) is 0.462. The lowest BCUT2D eigenvalue weighted by atomic mass is 10.2. The highest BCUT2D eigenvalue weighted by molar-refractivity contribution is 6.30. The van der Waals surface area contributed by atoms with E-state index in [1.165, 1.54) is 12.8 Å². The lowest BCUT2D eigenvalue weighted by Gasteiger charge is -2.12. The number of hydrogen-bond donors (Lipinski definition) is 2. The van der Waals surface area contributed by atoms with Crippen molar-refractivity contribution in [2.24, 2.45) is 0 Å². The average molecular weight is 253 g/mol. The molecule has 2 rings (SSSR count). The van der Waals surface area contributed by atoms with Crippen molar-refractivity contribution in [1.82, 2.24) is 5.32 Å². The largest absolute Gasteiger partial charge is 0.376 e. The summed E-state index contributed by atoms with van der Waals surface area (Å²) in [5, 5.41) is 6.81. The Kier molecular flexibility index (Phi) is 4.26. The number of benzene rings is 1. The van der Waals surface area contributed by atoms with Gasteiger partial charge in [-0.2, -0.15) is 0 Å². The molecule has 0 aromatic heterocycles. The number of carbonyl (C=O) groups excluding carboxylic acids is 1. The summed E-state index contributed by atoms with van der Waals surface area (Å²) in [6, 6.07) is 7.72. The highest BCUT2D eigenvalue weighted by Crippen LogP contribution is 2.17. The molecule has 0 atom stereocenters. The van der Waals surface area contributed by atoms with Gasteiger partial charge < -0.3 is 10.6 Å². The lowest BCUT2D eigenvalue weighted by Crippen LogP contribution is -2.36. The van der Waals surface area contributed by atoms with Crippen LogP contribution in [-0.2, 0) is 4.79 Å². The minimum atomic E-state index is 0.0619. The number of rotatable bonds is 4. The number of nitrogens with one attached hydrogen (secondary N) is 2. The standard InChI is InChI=1S/C13H17ClN2O/c14-10-5-7-11(8-6-10)15-9-13(17)16-12-3-1-2-4-12/h5-8,12,15H,1-4,9H2,(H,16,17). The maximum absolute atomic E-state index is 11.6. The summed E-state index contributed by atoms with van der Waals surface area (Å²) in [5.74, 6) is 0.0619. The van der Waals surface area contributed by atoms with Gasteiger partial charge in [0.15, 0.2) is 0 Å². The molecule has 0 saturated heterocycles. The van der Waals surface area contributed by atoms with Gasteiger partial charge in [-0.05, 0) is 37.1 Å². The SMILES string of the molecule is O=C(CNc1ccc(Cl)cc1)NC1CCCC1. The summed E-state index contributed by atoms with van der Waals surface area (Å²) in [4.78, 5) is 11.6. The van der Waals surface area contributed by atoms with Crippen molar-refractivity contribution < 1.29 is 4.79 Å². The zero-order chi connectivity index (χ0) is 12.1. The predicted molar refractivity (Wildman–Crippen MR) is 70.3 cm³/mol. The second-order valence-electron chi connectivity index (χ2n) is 4.41. The van der Waals surface area contributed by atoms with Crippen molar-refractivity contribution in [1.29, 1.82) is 0 Å². The number of amides is 1. The van der Waals surface area contributed by atoms with Crippen LogP contribution in [0.1, 0.15) is 25.7 Å². The van der Waals surface area contributed by atoms with Crippen LogP contribution < -0.4 is 10.6 Å². The first-order valence-corrected chi connectivity index (χ1v) is 6.40. The van der Waals surface area contributed by atoms with E-state index in [1.807, 2.05) is 12.1 Å². The number of anilines is 1. The van der Waals surface area contributed by atoms with E-state index in [-0.39, 0.29) is 5.91 Å². The van der Waals surface area contributed by atoms with Gasteiger partial charge in [-0.3, -0.25) is 4.79 Å². The average Bonchev–Trinajstić information content (AvgIpc) is 2.81. The van der Waals surface area contributed by atoms with Gasteiger partial charge in [0.25, 0.3) is 0 Å². The van der Waals surface area contributed by atoms with Crippen molar-refractivity contribution in [3.8, 4) is 0 Å². The molecule has 1 aliphatic carbocycles. The fourth-order valence-corrected chi connectivity index (χ4v) is 2.22. The second kappa shape index (κ2) is 5.92. The van der Waals surface area contributed by atoms with Crippen LogP contribution in [0.25, 0.3) is 0 Å². The minimum Gasteiger partial charge on any atom is -0.376 e. The van der Waals surface area contributed by atoms with Crippen molar-refractivity contribution in [2.75, 3.05) is 11.9 Å². The second-order valence-corrected chi connectivity index (χ2v) is 4.85. The zero-order valence-electron chi connectivity index (χ0n) is 9.71. The molecule has 0 spiro atoms. The highest BCUT2D eigenvalue weighted by atomic mass is 35.5. The van der Waals surface area contributed by atoms with E-state index in [0.717, 1.165) is 18.5 Å². The van der Waals surface area contributed by atoms with Gasteiger partial charge >= 0.3 is 0 Å². The maximum Gasteiger partial charge on any atom is 0.239 e. The Morgan fingerprint density at radius 3 is 2.53 bits per heavy atom. The Balaban J connectivity index is 1.73. The van der Waals surface area contributed by atoms with Crippen molar-refractivity contribution >= 4 is 23.2 Å². The van der Waals surface area contributed by atoms with Gasteiger partial charge in [-0.25, -0.2) is 0 Å². The highest BCUT2D eigenvalue weighted by Gasteiger charge is 2.16. The third kappa shape index (κ3) is 3.93. The molecule has 3 nitrogen and oxygen atoms in total. The molecule has 2 N–H and O–H groups in total. The van der Waals surface area contributed by atoms with Crippen molar-refractivity contribution in [3.05, 3.63) is 29.3 Å². The van der Waals surface area contributed by atoms with E-state index in [9.17, 15) is 4.79 Å². The van der Waals surface area contributed by atoms with E-state index in [1.54, 1.807) is 12.1 Å². The van der Waals surface area contributed by atoms with Crippen LogP contribution in [0.3, 0.4) is 0 Å². The van der Waals surface area contributed by atoms with Crippen LogP contribution in [0.2, 0.25) is 5.02 Å². The molecule has 0 aliphatic heterocycles. The summed E-state index contributed by atoms with van der Waals surface area (Å²) >= 11 is 5.78. The Morgan fingerprint density at radius 2 is 1.88 bits per heavy atom. The van der Waals surface area contributed by atoms with E-state index in [0.29, 0.717) is 17.6 Å². The molecule has 92 valence electrons. The molecule has 1 aromatic rings. The van der Waals surface area contributed by atoms with Crippen LogP contribution in [0.4, 0.5) is 5.69 Å². The van der Waals surface area contributed by atoms with Crippen LogP contribution in [-0.4, -0.2) is 18.5 Å². The molecule has 0 radical (unpaired) electrons. The summed E-state index contributed by atoms with van der Waals surface area (Å²) in [7, 11) is 0. The third-order valence-corrected chi connectivity index (χ3v) is 3.27. The monoisotopic (exact) mass is 252 g/mol. The van der Waals surface area contributed by atoms with Gasteiger partial charge in [0.1, 0.15) is 0 Å². The topological polar surface area (TPSA) is 41.1 Å². The van der Waals surface area contributed by atoms with Crippen LogP contribution in [0.5, 0.6) is 0 Å². The third-order valence-electron chi connectivity index (χ3n) is 3.02. The summed E-state index contributed by atoms with van der Waals surface area (Å²) in [5.41, 5.74) is 0.913. The van der Waals surface area contributed by atoms with Gasteiger partial charge in [-0.15, -0.1) is 0 Å². The minimum absolute atomic E-state index is 0.0619. The Hall–Kier alpha value is -1.22. The molecule has 17 heavy (non-hydrogen) atoms. The molecule has 0 heterocycles. The van der Waals surface area contributed by atoms with Gasteiger partial charge in [0, 0.05) is 16.8 Å². The molecular weight excluding hydrogens is 236 g/mol. The first kappa shape index (κ1) is 12.2. The van der Waals surface area contributed by atoms with E-state index >= 15 is 0 Å². The Morgan fingerprint density at radius 1 is 1.24 bits per heavy atom. The Labute approximate surface area is 107 Å².